The van der Waals surface area contributed by atoms with Gasteiger partial charge in [0.1, 0.15) is 11.2 Å². The van der Waals surface area contributed by atoms with E-state index in [1.807, 2.05) is 12.1 Å². The van der Waals surface area contributed by atoms with Gasteiger partial charge in [-0.2, -0.15) is 0 Å². The van der Waals surface area contributed by atoms with Crippen molar-refractivity contribution in [2.45, 2.75) is 0 Å². The van der Waals surface area contributed by atoms with Crippen LogP contribution in [0.2, 0.25) is 0 Å². The number of benzene rings is 7. The normalized spacial score (nSPS) is 12.0. The molecule has 0 unspecified atom stereocenters. The Bertz CT molecular complexity index is 2760. The fraction of sp³-hybridized carbons (Fsp3) is 0. The standard InChI is InChI=1S/C42H26N2O/c1-2-11-27(12-3-1)28-13-10-14-29(25-28)43-37-19-8-5-17-35(37)41-38(43)24-23-34-31-15-4-7-18-36(31)44(42(34)41)30-21-22-33-32-16-6-9-20-39(32)45-40(33)26-30/h1-26H. The van der Waals surface area contributed by atoms with E-state index < -0.39 is 0 Å². The largest absolute Gasteiger partial charge is 0.456 e. The van der Waals surface area contributed by atoms with Crippen LogP contribution in [0.1, 0.15) is 0 Å². The topological polar surface area (TPSA) is 23.0 Å². The summed E-state index contributed by atoms with van der Waals surface area (Å²) < 4.78 is 11.2. The molecule has 45 heavy (non-hydrogen) atoms. The van der Waals surface area contributed by atoms with Crippen molar-refractivity contribution in [2.24, 2.45) is 0 Å². The second-order valence-corrected chi connectivity index (χ2v) is 11.8. The molecule has 0 aliphatic carbocycles. The molecule has 3 heterocycles. The van der Waals surface area contributed by atoms with Gasteiger partial charge in [0.05, 0.1) is 22.1 Å². The minimum Gasteiger partial charge on any atom is -0.456 e. The molecule has 0 amide bonds. The van der Waals surface area contributed by atoms with Crippen LogP contribution < -0.4 is 0 Å². The maximum absolute atomic E-state index is 6.37. The van der Waals surface area contributed by atoms with E-state index in [2.05, 4.69) is 155 Å². The fourth-order valence-electron chi connectivity index (χ4n) is 7.36. The molecule has 0 atom stereocenters. The summed E-state index contributed by atoms with van der Waals surface area (Å²) in [5, 5.41) is 7.23. The predicted octanol–water partition coefficient (Wildman–Crippen LogP) is 11.4. The van der Waals surface area contributed by atoms with Gasteiger partial charge in [-0.05, 0) is 59.7 Å². The van der Waals surface area contributed by atoms with Crippen molar-refractivity contribution in [1.82, 2.24) is 9.13 Å². The quantitative estimate of drug-likeness (QED) is 0.206. The van der Waals surface area contributed by atoms with Gasteiger partial charge in [0, 0.05) is 49.8 Å². The van der Waals surface area contributed by atoms with Crippen LogP contribution in [-0.4, -0.2) is 9.13 Å². The van der Waals surface area contributed by atoms with Crippen LogP contribution in [0.25, 0.3) is 88.1 Å². The van der Waals surface area contributed by atoms with Gasteiger partial charge in [-0.25, -0.2) is 0 Å². The van der Waals surface area contributed by atoms with E-state index >= 15 is 0 Å². The number of nitrogens with zero attached hydrogens (tertiary/aromatic N) is 2. The Labute approximate surface area is 258 Å². The minimum atomic E-state index is 0.895. The summed E-state index contributed by atoms with van der Waals surface area (Å²) in [5.74, 6) is 0. The molecule has 3 nitrogen and oxygen atoms in total. The first-order valence-corrected chi connectivity index (χ1v) is 15.4. The molecule has 3 heteroatoms. The molecule has 7 aromatic carbocycles. The van der Waals surface area contributed by atoms with E-state index in [4.69, 9.17) is 4.42 Å². The number of hydrogen-bond acceptors (Lipinski definition) is 1. The number of para-hydroxylation sites is 3. The van der Waals surface area contributed by atoms with Crippen molar-refractivity contribution in [3.05, 3.63) is 158 Å². The zero-order chi connectivity index (χ0) is 29.5. The lowest BCUT2D eigenvalue weighted by Gasteiger charge is -2.11. The molecule has 10 rings (SSSR count). The highest BCUT2D eigenvalue weighted by atomic mass is 16.3. The number of fused-ring (bicyclic) bond motifs is 10. The highest BCUT2D eigenvalue weighted by Gasteiger charge is 2.21. The Balaban J connectivity index is 1.32. The Morgan fingerprint density at radius 1 is 0.356 bits per heavy atom. The first kappa shape index (κ1) is 24.4. The van der Waals surface area contributed by atoms with Gasteiger partial charge in [-0.15, -0.1) is 0 Å². The summed E-state index contributed by atoms with van der Waals surface area (Å²) in [6, 6.07) is 56.5. The van der Waals surface area contributed by atoms with Crippen LogP contribution >= 0.6 is 0 Å². The first-order valence-electron chi connectivity index (χ1n) is 15.4. The smallest absolute Gasteiger partial charge is 0.137 e. The summed E-state index contributed by atoms with van der Waals surface area (Å²) in [6.45, 7) is 0. The zero-order valence-corrected chi connectivity index (χ0v) is 24.3. The maximum Gasteiger partial charge on any atom is 0.137 e. The molecule has 10 aromatic rings. The van der Waals surface area contributed by atoms with E-state index in [-0.39, 0.29) is 0 Å². The number of rotatable bonds is 3. The minimum absolute atomic E-state index is 0.895. The third-order valence-corrected chi connectivity index (χ3v) is 9.30. The molecular weight excluding hydrogens is 548 g/mol. The summed E-state index contributed by atoms with van der Waals surface area (Å²) in [4.78, 5) is 0. The Morgan fingerprint density at radius 2 is 1.00 bits per heavy atom. The highest BCUT2D eigenvalue weighted by Crippen LogP contribution is 2.43. The van der Waals surface area contributed by atoms with E-state index in [0.29, 0.717) is 0 Å². The van der Waals surface area contributed by atoms with E-state index in [0.717, 1.165) is 33.3 Å². The molecule has 0 saturated heterocycles. The van der Waals surface area contributed by atoms with Gasteiger partial charge in [0.25, 0.3) is 0 Å². The van der Waals surface area contributed by atoms with Gasteiger partial charge in [-0.1, -0.05) is 103 Å². The molecule has 210 valence electrons. The van der Waals surface area contributed by atoms with Crippen LogP contribution in [0.15, 0.2) is 162 Å². The number of furan rings is 1. The molecule has 0 radical (unpaired) electrons. The van der Waals surface area contributed by atoms with E-state index in [1.54, 1.807) is 0 Å². The summed E-state index contributed by atoms with van der Waals surface area (Å²) in [7, 11) is 0. The van der Waals surface area contributed by atoms with Crippen LogP contribution in [0.4, 0.5) is 0 Å². The average Bonchev–Trinajstić information content (AvgIpc) is 3.76. The highest BCUT2D eigenvalue weighted by molar-refractivity contribution is 6.26. The predicted molar refractivity (Wildman–Crippen MR) is 188 cm³/mol. The van der Waals surface area contributed by atoms with Gasteiger partial charge < -0.3 is 13.6 Å². The summed E-state index contributed by atoms with van der Waals surface area (Å²) in [6.07, 6.45) is 0. The average molecular weight is 575 g/mol. The van der Waals surface area contributed by atoms with E-state index in [1.165, 1.54) is 54.7 Å². The molecule has 0 bridgehead atoms. The van der Waals surface area contributed by atoms with Gasteiger partial charge >= 0.3 is 0 Å². The van der Waals surface area contributed by atoms with E-state index in [9.17, 15) is 0 Å². The Kier molecular flexibility index (Phi) is 5.00. The van der Waals surface area contributed by atoms with Gasteiger partial charge in [0.2, 0.25) is 0 Å². The van der Waals surface area contributed by atoms with Gasteiger partial charge in [-0.3, -0.25) is 0 Å². The van der Waals surface area contributed by atoms with Crippen molar-refractivity contribution in [3.8, 4) is 22.5 Å². The van der Waals surface area contributed by atoms with Crippen molar-refractivity contribution >= 4 is 65.6 Å². The first-order chi connectivity index (χ1) is 22.3. The van der Waals surface area contributed by atoms with Crippen LogP contribution in [0.5, 0.6) is 0 Å². The Hall–Kier alpha value is -6.06. The van der Waals surface area contributed by atoms with Crippen molar-refractivity contribution in [2.75, 3.05) is 0 Å². The number of aromatic nitrogens is 2. The molecule has 0 saturated carbocycles. The lowest BCUT2D eigenvalue weighted by Crippen LogP contribution is -1.95. The Morgan fingerprint density at radius 3 is 1.87 bits per heavy atom. The molecule has 0 spiro atoms. The third kappa shape index (κ3) is 3.46. The van der Waals surface area contributed by atoms with Gasteiger partial charge in [0.15, 0.2) is 0 Å². The summed E-state index contributed by atoms with van der Waals surface area (Å²) in [5.41, 5.74) is 11.2. The monoisotopic (exact) mass is 574 g/mol. The lowest BCUT2D eigenvalue weighted by molar-refractivity contribution is 0.668. The molecular formula is C42H26N2O. The number of hydrogen-bond donors (Lipinski definition) is 0. The zero-order valence-electron chi connectivity index (χ0n) is 24.3. The SMILES string of the molecule is c1ccc(-c2cccc(-n3c4ccccc4c4c3ccc3c5ccccc5n(-c5ccc6c(c5)oc5ccccc56)c34)c2)cc1. The lowest BCUT2D eigenvalue weighted by atomic mass is 10.1. The van der Waals surface area contributed by atoms with Crippen molar-refractivity contribution in [1.29, 1.82) is 0 Å². The maximum atomic E-state index is 6.37. The molecule has 0 N–H and O–H groups in total. The second-order valence-electron chi connectivity index (χ2n) is 11.8. The molecule has 0 fully saturated rings. The van der Waals surface area contributed by atoms with Crippen LogP contribution in [0.3, 0.4) is 0 Å². The van der Waals surface area contributed by atoms with Crippen molar-refractivity contribution in [3.63, 3.8) is 0 Å². The molecule has 0 aliphatic rings. The second kappa shape index (κ2) is 9.22. The molecule has 0 aliphatic heterocycles. The van der Waals surface area contributed by atoms with Crippen LogP contribution in [0, 0.1) is 0 Å². The fourth-order valence-corrected chi connectivity index (χ4v) is 7.36. The third-order valence-electron chi connectivity index (χ3n) is 9.30. The van der Waals surface area contributed by atoms with Crippen LogP contribution in [-0.2, 0) is 0 Å². The summed E-state index contributed by atoms with van der Waals surface area (Å²) >= 11 is 0. The molecule has 3 aromatic heterocycles. The van der Waals surface area contributed by atoms with Crippen molar-refractivity contribution < 1.29 is 4.42 Å².